The minimum atomic E-state index is -4.32. The minimum absolute atomic E-state index is 0. The van der Waals surface area contributed by atoms with E-state index in [1.165, 1.54) is 54.0 Å². The maximum absolute atomic E-state index is 12.3. The van der Waals surface area contributed by atoms with Gasteiger partial charge in [-0.2, -0.15) is 13.2 Å². The standard InChI is InChI=1S/C38H35GeN2.C12H7F3N.Ir/c1-38(2,3)33-15-9-11-17-35(33)41-36-18-12-10-16-34(36)40-37(41)25-19-21-29-27-13-7-8-14-28(27)32-24-26(39(4,5)6)20-22-30(32)31(29)23-25;13-12(14,15)10-6-4-9(5-7-10)11-3-1-2-8-16-11;/h7-18,20-24H,1-6H3;1-4,6-8H;/q2*-1;. The van der Waals surface area contributed by atoms with Crippen molar-refractivity contribution in [2.24, 2.45) is 0 Å². The second-order valence-corrected chi connectivity index (χ2v) is 27.1. The van der Waals surface area contributed by atoms with Gasteiger partial charge in [-0.3, -0.25) is 0 Å². The van der Waals surface area contributed by atoms with Crippen LogP contribution in [0.15, 0.2) is 146 Å². The van der Waals surface area contributed by atoms with Crippen molar-refractivity contribution in [1.29, 1.82) is 0 Å². The van der Waals surface area contributed by atoms with Gasteiger partial charge in [0, 0.05) is 26.3 Å². The van der Waals surface area contributed by atoms with Crippen LogP contribution in [0.3, 0.4) is 0 Å². The van der Waals surface area contributed by atoms with Gasteiger partial charge in [0.25, 0.3) is 0 Å². The Labute approximate surface area is 353 Å². The molecule has 0 bridgehead atoms. The monoisotopic (exact) mass is 1010 g/mol. The van der Waals surface area contributed by atoms with Crippen LogP contribution in [-0.4, -0.2) is 27.8 Å². The third-order valence-corrected chi connectivity index (χ3v) is 14.8. The first-order valence-corrected chi connectivity index (χ1v) is 26.4. The number of hydrogen-bond donors (Lipinski definition) is 0. The zero-order valence-electron chi connectivity index (χ0n) is 33.2. The van der Waals surface area contributed by atoms with Crippen LogP contribution in [0, 0.1) is 12.1 Å². The molecule has 0 aliphatic heterocycles. The van der Waals surface area contributed by atoms with Gasteiger partial charge in [-0.25, -0.2) is 0 Å². The molecule has 0 spiro atoms. The van der Waals surface area contributed by atoms with E-state index < -0.39 is 25.0 Å². The van der Waals surface area contributed by atoms with Crippen LogP contribution < -0.4 is 4.40 Å². The molecule has 9 aromatic rings. The van der Waals surface area contributed by atoms with Crippen LogP contribution in [0.5, 0.6) is 0 Å². The van der Waals surface area contributed by atoms with Gasteiger partial charge in [0.15, 0.2) is 0 Å². The first-order valence-electron chi connectivity index (χ1n) is 19.1. The van der Waals surface area contributed by atoms with E-state index in [-0.39, 0.29) is 25.5 Å². The Morgan fingerprint density at radius 2 is 1.24 bits per heavy atom. The molecular formula is C50H42F3GeIrN3-2. The molecule has 2 aromatic heterocycles. The predicted octanol–water partition coefficient (Wildman–Crippen LogP) is 13.4. The molecule has 58 heavy (non-hydrogen) atoms. The van der Waals surface area contributed by atoms with Crippen molar-refractivity contribution in [3.05, 3.63) is 169 Å². The number of imidazole rings is 1. The van der Waals surface area contributed by atoms with E-state index in [0.717, 1.165) is 34.6 Å². The van der Waals surface area contributed by atoms with Crippen LogP contribution in [-0.2, 0) is 31.7 Å². The van der Waals surface area contributed by atoms with Gasteiger partial charge in [-0.1, -0.05) is 39.0 Å². The number of aromatic nitrogens is 3. The zero-order chi connectivity index (χ0) is 40.1. The quantitative estimate of drug-likeness (QED) is 0.0999. The molecule has 7 aromatic carbocycles. The van der Waals surface area contributed by atoms with Gasteiger partial charge >= 0.3 is 225 Å². The molecule has 3 nitrogen and oxygen atoms in total. The van der Waals surface area contributed by atoms with Crippen LogP contribution in [0.25, 0.3) is 71.7 Å². The van der Waals surface area contributed by atoms with Gasteiger partial charge in [-0.15, -0.1) is 29.8 Å². The first-order chi connectivity index (χ1) is 27.2. The molecule has 293 valence electrons. The van der Waals surface area contributed by atoms with Crippen molar-refractivity contribution in [1.82, 2.24) is 14.5 Å². The summed E-state index contributed by atoms with van der Waals surface area (Å²) in [5.41, 5.74) is 6.01. The number of halogens is 3. The number of fused-ring (bicyclic) bond motifs is 7. The topological polar surface area (TPSA) is 30.7 Å². The number of hydrogen-bond acceptors (Lipinski definition) is 2. The molecular weight excluding hydrogens is 964 g/mol. The van der Waals surface area contributed by atoms with Gasteiger partial charge < -0.3 is 4.98 Å². The van der Waals surface area contributed by atoms with Gasteiger partial charge in [0.05, 0.1) is 0 Å². The van der Waals surface area contributed by atoms with E-state index in [4.69, 9.17) is 4.98 Å². The zero-order valence-corrected chi connectivity index (χ0v) is 37.7. The second kappa shape index (κ2) is 15.9. The van der Waals surface area contributed by atoms with Crippen molar-refractivity contribution < 1.29 is 33.3 Å². The summed E-state index contributed by atoms with van der Waals surface area (Å²) in [7, 11) is 0. The number of nitrogens with zero attached hydrogens (tertiary/aromatic N) is 3. The summed E-state index contributed by atoms with van der Waals surface area (Å²) in [6.45, 7) is 6.83. The maximum Gasteiger partial charge on any atom is 0.381 e. The first kappa shape index (κ1) is 41.1. The fraction of sp³-hybridized carbons (Fsp3) is 0.160. The van der Waals surface area contributed by atoms with Gasteiger partial charge in [-0.05, 0) is 17.3 Å². The number of rotatable bonds is 4. The summed E-state index contributed by atoms with van der Waals surface area (Å²) in [4.78, 5) is 9.25. The molecule has 0 amide bonds. The van der Waals surface area contributed by atoms with E-state index in [9.17, 15) is 13.2 Å². The van der Waals surface area contributed by atoms with Crippen LogP contribution in [0.2, 0.25) is 17.3 Å². The molecule has 0 aliphatic carbocycles. The predicted molar refractivity (Wildman–Crippen MR) is 233 cm³/mol. The van der Waals surface area contributed by atoms with E-state index in [1.807, 2.05) is 0 Å². The molecule has 0 unspecified atom stereocenters. The van der Waals surface area contributed by atoms with Gasteiger partial charge in [0.1, 0.15) is 0 Å². The Hall–Kier alpha value is -5.08. The number of alkyl halides is 3. The Morgan fingerprint density at radius 3 is 1.91 bits per heavy atom. The van der Waals surface area contributed by atoms with Crippen LogP contribution >= 0.6 is 0 Å². The fourth-order valence-electron chi connectivity index (χ4n) is 7.52. The maximum atomic E-state index is 12.3. The number of para-hydroxylation sites is 3. The van der Waals surface area contributed by atoms with E-state index in [1.54, 1.807) is 24.4 Å². The second-order valence-electron chi connectivity index (χ2n) is 16.5. The minimum Gasteiger partial charge on any atom is -0.305 e. The van der Waals surface area contributed by atoms with E-state index in [0.29, 0.717) is 11.3 Å². The van der Waals surface area contributed by atoms with Crippen LogP contribution in [0.1, 0.15) is 31.9 Å². The van der Waals surface area contributed by atoms with Crippen molar-refractivity contribution >= 4 is 61.0 Å². The third-order valence-electron chi connectivity index (χ3n) is 10.5. The molecule has 2 heterocycles. The Morgan fingerprint density at radius 1 is 0.603 bits per heavy atom. The summed E-state index contributed by atoms with van der Waals surface area (Å²) in [6, 6.07) is 52.6. The Balaban J connectivity index is 0.000000254. The average molecular weight is 1010 g/mol. The Bertz CT molecular complexity index is 2910. The van der Waals surface area contributed by atoms with Gasteiger partial charge in [0.2, 0.25) is 0 Å². The average Bonchev–Trinajstić information content (AvgIpc) is 3.60. The Kier molecular flexibility index (Phi) is 11.3. The molecule has 0 saturated carbocycles. The van der Waals surface area contributed by atoms with Crippen molar-refractivity contribution in [3.63, 3.8) is 0 Å². The SMILES string of the molecule is CC(C)(C)c1ccccc1-n1c(-c2[c-]cc3c4ccccc4c4c[c]([Ge]([CH3])([CH3])[CH3])ccc4c3c2)nc2ccccc21.FC(F)(F)c1c[c-]c(-c2ccccn2)cc1.[Ir]. The fourth-order valence-corrected chi connectivity index (χ4v) is 9.96. The van der Waals surface area contributed by atoms with Crippen molar-refractivity contribution in [3.8, 4) is 28.3 Å². The summed E-state index contributed by atoms with van der Waals surface area (Å²) >= 11 is -2.02. The molecule has 0 fully saturated rings. The molecule has 8 heteroatoms. The summed E-state index contributed by atoms with van der Waals surface area (Å²) in [5, 5.41) is 7.72. The van der Waals surface area contributed by atoms with Crippen molar-refractivity contribution in [2.45, 2.75) is 49.6 Å². The van der Waals surface area contributed by atoms with Crippen molar-refractivity contribution in [2.75, 3.05) is 0 Å². The summed E-state index contributed by atoms with van der Waals surface area (Å²) in [6.07, 6.45) is -2.74. The van der Waals surface area contributed by atoms with E-state index >= 15 is 0 Å². The summed E-state index contributed by atoms with van der Waals surface area (Å²) in [5.74, 6) is 8.33. The molecule has 1 radical (unpaired) electrons. The molecule has 0 N–H and O–H groups in total. The number of benzene rings is 7. The molecule has 9 rings (SSSR count). The van der Waals surface area contributed by atoms with Crippen LogP contribution in [0.4, 0.5) is 13.2 Å². The molecule has 0 aliphatic rings. The largest absolute Gasteiger partial charge is 0.381 e. The molecule has 0 saturated heterocycles. The summed E-state index contributed by atoms with van der Waals surface area (Å²) < 4.78 is 40.7. The normalized spacial score (nSPS) is 12.1. The smallest absolute Gasteiger partial charge is 0.305 e. The van der Waals surface area contributed by atoms with E-state index in [2.05, 4.69) is 163 Å². The molecule has 0 atom stereocenters. The third kappa shape index (κ3) is 8.00. The number of pyridine rings is 1.